The zero-order valence-corrected chi connectivity index (χ0v) is 9.89. The third-order valence-electron chi connectivity index (χ3n) is 2.74. The van der Waals surface area contributed by atoms with Gasteiger partial charge in [0.25, 0.3) is 0 Å². The van der Waals surface area contributed by atoms with Crippen LogP contribution in [0.1, 0.15) is 38.8 Å². The maximum atomic E-state index is 2.29. The van der Waals surface area contributed by atoms with Crippen molar-refractivity contribution < 1.29 is 0 Å². The van der Waals surface area contributed by atoms with Crippen LogP contribution in [0.5, 0.6) is 0 Å². The van der Waals surface area contributed by atoms with Crippen LogP contribution in [-0.4, -0.2) is 0 Å². The van der Waals surface area contributed by atoms with Crippen LogP contribution in [0.25, 0.3) is 6.08 Å². The van der Waals surface area contributed by atoms with Gasteiger partial charge in [-0.05, 0) is 30.4 Å². The molecule has 1 aromatic rings. The molecule has 14 heavy (non-hydrogen) atoms. The van der Waals surface area contributed by atoms with Crippen LogP contribution in [0, 0.1) is 12.3 Å². The maximum Gasteiger partial charge on any atom is -0.0172 e. The monoisotopic (exact) mass is 188 g/mol. The van der Waals surface area contributed by atoms with Crippen molar-refractivity contribution in [3.8, 4) is 0 Å². The van der Waals surface area contributed by atoms with Crippen molar-refractivity contribution in [1.82, 2.24) is 0 Å². The molecule has 0 heterocycles. The molecule has 0 aliphatic carbocycles. The van der Waals surface area contributed by atoms with E-state index in [1.54, 1.807) is 0 Å². The van der Waals surface area contributed by atoms with E-state index in [0.29, 0.717) is 0 Å². The molecular weight excluding hydrogens is 168 g/mol. The van der Waals surface area contributed by atoms with Gasteiger partial charge in [0, 0.05) is 0 Å². The molecule has 76 valence electrons. The van der Waals surface area contributed by atoms with Crippen molar-refractivity contribution in [2.45, 2.75) is 34.6 Å². The fraction of sp³-hybridized carbons (Fsp3) is 0.429. The molecule has 0 amide bonds. The molecule has 0 radical (unpaired) electrons. The first-order chi connectivity index (χ1) is 6.41. The maximum absolute atomic E-state index is 2.29. The highest BCUT2D eigenvalue weighted by atomic mass is 14.2. The minimum atomic E-state index is 0.266. The molecule has 1 aromatic carbocycles. The van der Waals surface area contributed by atoms with Crippen molar-refractivity contribution in [2.24, 2.45) is 5.41 Å². The Bertz CT molecular complexity index is 337. The van der Waals surface area contributed by atoms with Crippen LogP contribution in [-0.2, 0) is 0 Å². The quantitative estimate of drug-likeness (QED) is 0.611. The van der Waals surface area contributed by atoms with E-state index in [2.05, 4.69) is 65.0 Å². The summed E-state index contributed by atoms with van der Waals surface area (Å²) in [5, 5.41) is 0. The number of aryl methyl sites for hydroxylation is 1. The largest absolute Gasteiger partial charge is 0.0673 e. The highest BCUT2D eigenvalue weighted by Crippen LogP contribution is 2.27. The molecule has 0 spiro atoms. The van der Waals surface area contributed by atoms with Crippen molar-refractivity contribution in [3.05, 3.63) is 41.0 Å². The van der Waals surface area contributed by atoms with Crippen molar-refractivity contribution >= 4 is 6.08 Å². The van der Waals surface area contributed by atoms with Gasteiger partial charge in [0.1, 0.15) is 0 Å². The SMILES string of the molecule is C/C(=C\c1ccccc1C)C(C)(C)C. The van der Waals surface area contributed by atoms with Crippen LogP contribution in [0.2, 0.25) is 0 Å². The summed E-state index contributed by atoms with van der Waals surface area (Å²) in [4.78, 5) is 0. The molecule has 0 nitrogen and oxygen atoms in total. The Morgan fingerprint density at radius 2 is 1.71 bits per heavy atom. The van der Waals surface area contributed by atoms with Crippen LogP contribution < -0.4 is 0 Å². The van der Waals surface area contributed by atoms with E-state index in [4.69, 9.17) is 0 Å². The summed E-state index contributed by atoms with van der Waals surface area (Å²) in [5.41, 5.74) is 4.37. The lowest BCUT2D eigenvalue weighted by molar-refractivity contribution is 0.508. The molecule has 0 aliphatic rings. The molecule has 0 unspecified atom stereocenters. The Hall–Kier alpha value is -1.04. The lowest BCUT2D eigenvalue weighted by Gasteiger charge is -2.19. The van der Waals surface area contributed by atoms with Gasteiger partial charge in [0.2, 0.25) is 0 Å². The lowest BCUT2D eigenvalue weighted by atomic mass is 9.86. The second kappa shape index (κ2) is 4.00. The lowest BCUT2D eigenvalue weighted by Crippen LogP contribution is -2.06. The normalized spacial score (nSPS) is 13.1. The van der Waals surface area contributed by atoms with Gasteiger partial charge in [-0.1, -0.05) is 56.7 Å². The van der Waals surface area contributed by atoms with Crippen LogP contribution in [0.4, 0.5) is 0 Å². The molecule has 0 bridgehead atoms. The van der Waals surface area contributed by atoms with Gasteiger partial charge in [0.05, 0.1) is 0 Å². The third kappa shape index (κ3) is 2.73. The number of benzene rings is 1. The summed E-state index contributed by atoms with van der Waals surface area (Å²) in [7, 11) is 0. The van der Waals surface area contributed by atoms with Crippen LogP contribution in [0.15, 0.2) is 29.8 Å². The van der Waals surface area contributed by atoms with Gasteiger partial charge < -0.3 is 0 Å². The van der Waals surface area contributed by atoms with E-state index in [1.165, 1.54) is 16.7 Å². The van der Waals surface area contributed by atoms with Crippen molar-refractivity contribution in [2.75, 3.05) is 0 Å². The number of rotatable bonds is 1. The molecule has 1 rings (SSSR count). The molecule has 0 saturated heterocycles. The highest BCUT2D eigenvalue weighted by molar-refractivity contribution is 5.56. The average molecular weight is 188 g/mol. The second-order valence-electron chi connectivity index (χ2n) is 4.93. The predicted octanol–water partition coefficient (Wildman–Crippen LogP) is 4.44. The standard InChI is InChI=1S/C14H20/c1-11-8-6-7-9-13(11)10-12(2)14(3,4)5/h6-10H,1-5H3/b12-10+. The summed E-state index contributed by atoms with van der Waals surface area (Å²) >= 11 is 0. The van der Waals surface area contributed by atoms with E-state index >= 15 is 0 Å². The van der Waals surface area contributed by atoms with Gasteiger partial charge in [-0.25, -0.2) is 0 Å². The predicted molar refractivity (Wildman–Crippen MR) is 64.3 cm³/mol. The van der Waals surface area contributed by atoms with Gasteiger partial charge >= 0.3 is 0 Å². The van der Waals surface area contributed by atoms with E-state index in [1.807, 2.05) is 0 Å². The first kappa shape index (κ1) is 11.0. The van der Waals surface area contributed by atoms with Gasteiger partial charge in [-0.3, -0.25) is 0 Å². The summed E-state index contributed by atoms with van der Waals surface area (Å²) in [6.07, 6.45) is 2.29. The minimum absolute atomic E-state index is 0.266. The molecule has 0 fully saturated rings. The summed E-state index contributed by atoms with van der Waals surface area (Å²) in [6.45, 7) is 11.1. The minimum Gasteiger partial charge on any atom is -0.0673 e. The van der Waals surface area contributed by atoms with Gasteiger partial charge in [0.15, 0.2) is 0 Å². The fourth-order valence-electron chi connectivity index (χ4n) is 1.20. The topological polar surface area (TPSA) is 0 Å². The third-order valence-corrected chi connectivity index (χ3v) is 2.74. The molecule has 0 saturated carbocycles. The van der Waals surface area contributed by atoms with Crippen molar-refractivity contribution in [1.29, 1.82) is 0 Å². The first-order valence-corrected chi connectivity index (χ1v) is 5.15. The molecule has 0 aliphatic heterocycles. The molecule has 0 heteroatoms. The summed E-state index contributed by atoms with van der Waals surface area (Å²) in [5.74, 6) is 0. The zero-order chi connectivity index (χ0) is 10.8. The molecule has 0 atom stereocenters. The Morgan fingerprint density at radius 1 is 1.14 bits per heavy atom. The fourth-order valence-corrected chi connectivity index (χ4v) is 1.20. The molecule has 0 aromatic heterocycles. The van der Waals surface area contributed by atoms with Crippen molar-refractivity contribution in [3.63, 3.8) is 0 Å². The highest BCUT2D eigenvalue weighted by Gasteiger charge is 2.12. The smallest absolute Gasteiger partial charge is 0.0172 e. The average Bonchev–Trinajstić information content (AvgIpc) is 2.07. The number of hydrogen-bond acceptors (Lipinski definition) is 0. The van der Waals surface area contributed by atoms with Gasteiger partial charge in [-0.15, -0.1) is 0 Å². The Labute approximate surface area is 87.7 Å². The first-order valence-electron chi connectivity index (χ1n) is 5.15. The Kier molecular flexibility index (Phi) is 3.15. The van der Waals surface area contributed by atoms with Crippen LogP contribution in [0.3, 0.4) is 0 Å². The summed E-state index contributed by atoms with van der Waals surface area (Å²) < 4.78 is 0. The summed E-state index contributed by atoms with van der Waals surface area (Å²) in [6, 6.07) is 8.50. The van der Waals surface area contributed by atoms with Crippen LogP contribution >= 0.6 is 0 Å². The van der Waals surface area contributed by atoms with E-state index in [9.17, 15) is 0 Å². The second-order valence-corrected chi connectivity index (χ2v) is 4.93. The number of allylic oxidation sites excluding steroid dienone is 1. The van der Waals surface area contributed by atoms with E-state index in [0.717, 1.165) is 0 Å². The van der Waals surface area contributed by atoms with Gasteiger partial charge in [-0.2, -0.15) is 0 Å². The van der Waals surface area contributed by atoms with E-state index < -0.39 is 0 Å². The zero-order valence-electron chi connectivity index (χ0n) is 9.89. The van der Waals surface area contributed by atoms with E-state index in [-0.39, 0.29) is 5.41 Å². The molecular formula is C14H20. The molecule has 0 N–H and O–H groups in total. The Morgan fingerprint density at radius 3 is 2.21 bits per heavy atom. The Balaban J connectivity index is 3.04. The number of hydrogen-bond donors (Lipinski definition) is 0.